The predicted octanol–water partition coefficient (Wildman–Crippen LogP) is 2.58. The molecule has 3 heteroatoms. The lowest BCUT2D eigenvalue weighted by atomic mass is 10.2. The van der Waals surface area contributed by atoms with E-state index >= 15 is 0 Å². The number of thiophene rings is 1. The Morgan fingerprint density at radius 1 is 1.47 bits per heavy atom. The summed E-state index contributed by atoms with van der Waals surface area (Å²) in [4.78, 5) is 2.85. The molecule has 86 valence electrons. The molecule has 0 radical (unpaired) electrons. The molecular formula is C12H22N2S. The summed E-state index contributed by atoms with van der Waals surface area (Å²) in [6.45, 7) is 8.48. The van der Waals surface area contributed by atoms with Gasteiger partial charge in [0.2, 0.25) is 0 Å². The van der Waals surface area contributed by atoms with Crippen LogP contribution in [0.15, 0.2) is 6.07 Å². The van der Waals surface area contributed by atoms with Crippen molar-refractivity contribution in [3.63, 3.8) is 0 Å². The number of nitrogens with two attached hydrogens (primary N) is 1. The van der Waals surface area contributed by atoms with Crippen LogP contribution in [-0.4, -0.2) is 12.6 Å². The zero-order chi connectivity index (χ0) is 11.3. The Bertz CT molecular complexity index is 274. The van der Waals surface area contributed by atoms with E-state index in [1.807, 2.05) is 11.3 Å². The zero-order valence-electron chi connectivity index (χ0n) is 9.97. The highest BCUT2D eigenvalue weighted by molar-refractivity contribution is 7.12. The molecule has 1 unspecified atom stereocenters. The van der Waals surface area contributed by atoms with E-state index in [1.165, 1.54) is 15.3 Å². The quantitative estimate of drug-likeness (QED) is 0.732. The summed E-state index contributed by atoms with van der Waals surface area (Å²) in [6, 6.07) is 2.62. The van der Waals surface area contributed by atoms with Crippen molar-refractivity contribution in [2.75, 3.05) is 6.54 Å². The normalized spacial score (nSPS) is 13.1. The summed E-state index contributed by atoms with van der Waals surface area (Å²) in [5, 5.41) is 3.44. The smallest absolute Gasteiger partial charge is 0.0299 e. The van der Waals surface area contributed by atoms with Crippen LogP contribution in [-0.2, 0) is 6.54 Å². The number of rotatable bonds is 6. The van der Waals surface area contributed by atoms with Gasteiger partial charge in [-0.15, -0.1) is 11.3 Å². The van der Waals surface area contributed by atoms with Gasteiger partial charge in [-0.25, -0.2) is 0 Å². The number of hydrogen-bond donors (Lipinski definition) is 2. The average Bonchev–Trinajstić information content (AvgIpc) is 2.53. The molecular weight excluding hydrogens is 204 g/mol. The molecule has 0 aliphatic rings. The van der Waals surface area contributed by atoms with Crippen molar-refractivity contribution in [2.45, 2.75) is 46.2 Å². The van der Waals surface area contributed by atoms with Gasteiger partial charge in [-0.1, -0.05) is 6.92 Å². The monoisotopic (exact) mass is 226 g/mol. The maximum Gasteiger partial charge on any atom is 0.0299 e. The highest BCUT2D eigenvalue weighted by Gasteiger charge is 2.01. The van der Waals surface area contributed by atoms with Gasteiger partial charge in [0, 0.05) is 22.3 Å². The van der Waals surface area contributed by atoms with Crippen LogP contribution in [0.4, 0.5) is 0 Å². The standard InChI is InChI=1S/C12H22N2S/c1-4-11(13)5-6-14-8-12-7-9(2)10(3)15-12/h7,11,14H,4-6,8,13H2,1-3H3. The molecule has 1 rings (SSSR count). The molecule has 0 saturated heterocycles. The largest absolute Gasteiger partial charge is 0.328 e. The highest BCUT2D eigenvalue weighted by atomic mass is 32.1. The summed E-state index contributed by atoms with van der Waals surface area (Å²) in [5.74, 6) is 0. The van der Waals surface area contributed by atoms with E-state index in [2.05, 4.69) is 32.2 Å². The van der Waals surface area contributed by atoms with Crippen LogP contribution in [0, 0.1) is 13.8 Å². The molecule has 15 heavy (non-hydrogen) atoms. The summed E-state index contributed by atoms with van der Waals surface area (Å²) >= 11 is 1.89. The molecule has 0 amide bonds. The molecule has 0 aromatic carbocycles. The van der Waals surface area contributed by atoms with Crippen molar-refractivity contribution >= 4 is 11.3 Å². The number of nitrogens with one attached hydrogen (secondary N) is 1. The van der Waals surface area contributed by atoms with Crippen LogP contribution in [0.25, 0.3) is 0 Å². The van der Waals surface area contributed by atoms with E-state index in [9.17, 15) is 0 Å². The second-order valence-corrected chi connectivity index (χ2v) is 5.43. The second-order valence-electron chi connectivity index (χ2n) is 4.09. The molecule has 1 heterocycles. The lowest BCUT2D eigenvalue weighted by Crippen LogP contribution is -2.25. The van der Waals surface area contributed by atoms with Crippen LogP contribution in [0.5, 0.6) is 0 Å². The Hall–Kier alpha value is -0.380. The lowest BCUT2D eigenvalue weighted by Gasteiger charge is -2.08. The van der Waals surface area contributed by atoms with Crippen LogP contribution < -0.4 is 11.1 Å². The van der Waals surface area contributed by atoms with Crippen LogP contribution in [0.1, 0.15) is 35.1 Å². The minimum atomic E-state index is 0.351. The van der Waals surface area contributed by atoms with Gasteiger partial charge < -0.3 is 11.1 Å². The topological polar surface area (TPSA) is 38.0 Å². The van der Waals surface area contributed by atoms with Gasteiger partial charge in [0.05, 0.1) is 0 Å². The maximum atomic E-state index is 5.84. The maximum absolute atomic E-state index is 5.84. The molecule has 0 bridgehead atoms. The number of aryl methyl sites for hydroxylation is 2. The van der Waals surface area contributed by atoms with E-state index in [4.69, 9.17) is 5.73 Å². The lowest BCUT2D eigenvalue weighted by molar-refractivity contribution is 0.551. The van der Waals surface area contributed by atoms with Crippen LogP contribution in [0.3, 0.4) is 0 Å². The van der Waals surface area contributed by atoms with Gasteiger partial charge in [0.25, 0.3) is 0 Å². The Labute approximate surface area is 96.9 Å². The van der Waals surface area contributed by atoms with Crippen molar-refractivity contribution in [2.24, 2.45) is 5.73 Å². The number of hydrogen-bond acceptors (Lipinski definition) is 3. The van der Waals surface area contributed by atoms with Crippen molar-refractivity contribution in [1.29, 1.82) is 0 Å². The van der Waals surface area contributed by atoms with Crippen molar-refractivity contribution in [3.8, 4) is 0 Å². The first-order valence-electron chi connectivity index (χ1n) is 5.65. The first-order chi connectivity index (χ1) is 7.13. The van der Waals surface area contributed by atoms with E-state index in [1.54, 1.807) is 0 Å². The Morgan fingerprint density at radius 2 is 2.20 bits per heavy atom. The molecule has 0 aliphatic heterocycles. The zero-order valence-corrected chi connectivity index (χ0v) is 10.8. The third kappa shape index (κ3) is 4.33. The molecule has 3 N–H and O–H groups in total. The summed E-state index contributed by atoms with van der Waals surface area (Å²) in [6.07, 6.45) is 2.14. The minimum Gasteiger partial charge on any atom is -0.328 e. The SMILES string of the molecule is CCC(N)CCNCc1cc(C)c(C)s1. The highest BCUT2D eigenvalue weighted by Crippen LogP contribution is 2.20. The first-order valence-corrected chi connectivity index (χ1v) is 6.47. The van der Waals surface area contributed by atoms with Crippen molar-refractivity contribution in [1.82, 2.24) is 5.32 Å². The fourth-order valence-electron chi connectivity index (χ4n) is 1.44. The van der Waals surface area contributed by atoms with Crippen LogP contribution in [0.2, 0.25) is 0 Å². The average molecular weight is 226 g/mol. The van der Waals surface area contributed by atoms with Crippen molar-refractivity contribution < 1.29 is 0 Å². The third-order valence-electron chi connectivity index (χ3n) is 2.73. The fraction of sp³-hybridized carbons (Fsp3) is 0.667. The predicted molar refractivity (Wildman–Crippen MR) is 68.4 cm³/mol. The Morgan fingerprint density at radius 3 is 2.73 bits per heavy atom. The Kier molecular flexibility index (Phi) is 5.29. The van der Waals surface area contributed by atoms with Crippen molar-refractivity contribution in [3.05, 3.63) is 21.4 Å². The first kappa shape index (κ1) is 12.7. The van der Waals surface area contributed by atoms with Gasteiger partial charge in [-0.2, -0.15) is 0 Å². The fourth-order valence-corrected chi connectivity index (χ4v) is 2.46. The van der Waals surface area contributed by atoms with Gasteiger partial charge in [0.15, 0.2) is 0 Å². The van der Waals surface area contributed by atoms with E-state index < -0.39 is 0 Å². The van der Waals surface area contributed by atoms with E-state index in [-0.39, 0.29) is 0 Å². The molecule has 0 fully saturated rings. The molecule has 1 atom stereocenters. The molecule has 2 nitrogen and oxygen atoms in total. The van der Waals surface area contributed by atoms with E-state index in [0.29, 0.717) is 6.04 Å². The Balaban J connectivity index is 2.20. The van der Waals surface area contributed by atoms with Gasteiger partial charge in [0.1, 0.15) is 0 Å². The van der Waals surface area contributed by atoms with Gasteiger partial charge in [-0.05, 0) is 44.9 Å². The molecule has 1 aromatic heterocycles. The molecule has 1 aromatic rings. The second kappa shape index (κ2) is 6.26. The minimum absolute atomic E-state index is 0.351. The summed E-state index contributed by atoms with van der Waals surface area (Å²) in [5.41, 5.74) is 7.25. The summed E-state index contributed by atoms with van der Waals surface area (Å²) in [7, 11) is 0. The van der Waals surface area contributed by atoms with E-state index in [0.717, 1.165) is 25.9 Å². The third-order valence-corrected chi connectivity index (χ3v) is 3.89. The molecule has 0 aliphatic carbocycles. The van der Waals surface area contributed by atoms with Gasteiger partial charge in [-0.3, -0.25) is 0 Å². The van der Waals surface area contributed by atoms with Crippen LogP contribution >= 0.6 is 11.3 Å². The van der Waals surface area contributed by atoms with Gasteiger partial charge >= 0.3 is 0 Å². The molecule has 0 spiro atoms. The molecule has 0 saturated carbocycles. The summed E-state index contributed by atoms with van der Waals surface area (Å²) < 4.78 is 0.